The molecule has 6 heteroatoms. The first-order valence-corrected chi connectivity index (χ1v) is 7.17. The third-order valence-electron chi connectivity index (χ3n) is 3.21. The molecule has 0 bridgehead atoms. The molecule has 1 fully saturated rings. The van der Waals surface area contributed by atoms with Crippen molar-refractivity contribution in [1.82, 2.24) is 4.90 Å². The van der Waals surface area contributed by atoms with Crippen LogP contribution in [-0.2, 0) is 16.1 Å². The van der Waals surface area contributed by atoms with Gasteiger partial charge in [-0.05, 0) is 24.3 Å². The molecule has 19 heavy (non-hydrogen) atoms. The molecule has 1 atom stereocenters. The monoisotopic (exact) mass is 304 g/mol. The summed E-state index contributed by atoms with van der Waals surface area (Å²) in [5.74, 6) is 0.156. The van der Waals surface area contributed by atoms with Gasteiger partial charge in [0.25, 0.3) is 0 Å². The number of amides is 1. The fourth-order valence-electron chi connectivity index (χ4n) is 1.95. The predicted molar refractivity (Wildman–Crippen MR) is 79.6 cm³/mol. The zero-order valence-corrected chi connectivity index (χ0v) is 12.7. The molecule has 1 heterocycles. The zero-order valence-electron chi connectivity index (χ0n) is 11.1. The Morgan fingerprint density at radius 1 is 1.63 bits per heavy atom. The molecule has 108 valence electrons. The normalized spacial score (nSPS) is 15.7. The summed E-state index contributed by atoms with van der Waals surface area (Å²) in [7, 11) is 1.60. The quantitative estimate of drug-likeness (QED) is 0.838. The van der Waals surface area contributed by atoms with Gasteiger partial charge in [-0.25, -0.2) is 0 Å². The Labute approximate surface area is 124 Å². The minimum absolute atomic E-state index is 0. The van der Waals surface area contributed by atoms with Crippen LogP contribution in [-0.4, -0.2) is 36.6 Å². The molecule has 0 saturated heterocycles. The Morgan fingerprint density at radius 2 is 2.37 bits per heavy atom. The largest absolute Gasteiger partial charge is 0.380 e. The van der Waals surface area contributed by atoms with Crippen LogP contribution >= 0.6 is 23.7 Å². The van der Waals surface area contributed by atoms with Crippen molar-refractivity contribution in [3.8, 4) is 0 Å². The Kier molecular flexibility index (Phi) is 6.79. The zero-order chi connectivity index (χ0) is 13.0. The number of thiophene rings is 1. The van der Waals surface area contributed by atoms with E-state index in [0.29, 0.717) is 19.0 Å². The van der Waals surface area contributed by atoms with Gasteiger partial charge in [-0.2, -0.15) is 0 Å². The van der Waals surface area contributed by atoms with Gasteiger partial charge >= 0.3 is 0 Å². The molecule has 1 aromatic heterocycles. The maximum Gasteiger partial charge on any atom is 0.225 e. The van der Waals surface area contributed by atoms with Crippen molar-refractivity contribution >= 4 is 29.7 Å². The molecule has 0 aliphatic heterocycles. The number of hydrogen-bond acceptors (Lipinski definition) is 4. The number of nitrogens with two attached hydrogens (primary N) is 1. The van der Waals surface area contributed by atoms with Crippen molar-refractivity contribution in [2.24, 2.45) is 5.73 Å². The highest BCUT2D eigenvalue weighted by Crippen LogP contribution is 2.30. The lowest BCUT2D eigenvalue weighted by atomic mass is 10.2. The second-order valence-corrected chi connectivity index (χ2v) is 5.66. The molecule has 1 aliphatic rings. The second kappa shape index (κ2) is 7.85. The first-order valence-electron chi connectivity index (χ1n) is 6.29. The van der Waals surface area contributed by atoms with Crippen LogP contribution in [0.5, 0.6) is 0 Å². The number of methoxy groups -OCH3 is 1. The van der Waals surface area contributed by atoms with Crippen LogP contribution in [0.1, 0.15) is 24.1 Å². The van der Waals surface area contributed by atoms with Gasteiger partial charge < -0.3 is 15.4 Å². The average Bonchev–Trinajstić information content (AvgIpc) is 3.09. The number of hydrogen-bond donors (Lipinski definition) is 1. The SMILES string of the molecule is COC(CN)CC(=O)N(Cc1cccs1)C1CC1.Cl. The van der Waals surface area contributed by atoms with Crippen LogP contribution in [0, 0.1) is 0 Å². The van der Waals surface area contributed by atoms with E-state index in [-0.39, 0.29) is 24.4 Å². The number of carbonyl (C=O) groups is 1. The molecule has 0 aromatic carbocycles. The van der Waals surface area contributed by atoms with E-state index >= 15 is 0 Å². The summed E-state index contributed by atoms with van der Waals surface area (Å²) in [5.41, 5.74) is 5.57. The highest BCUT2D eigenvalue weighted by Gasteiger charge is 2.33. The summed E-state index contributed by atoms with van der Waals surface area (Å²) in [6, 6.07) is 4.52. The second-order valence-electron chi connectivity index (χ2n) is 4.63. The van der Waals surface area contributed by atoms with Gasteiger partial charge in [-0.15, -0.1) is 23.7 Å². The van der Waals surface area contributed by atoms with Gasteiger partial charge in [0.05, 0.1) is 19.1 Å². The van der Waals surface area contributed by atoms with Gasteiger partial charge in [0.15, 0.2) is 0 Å². The van der Waals surface area contributed by atoms with Gasteiger partial charge in [0.1, 0.15) is 0 Å². The first kappa shape index (κ1) is 16.4. The Hall–Kier alpha value is -0.620. The Bertz CT molecular complexity index is 378. The third kappa shape index (κ3) is 4.76. The van der Waals surface area contributed by atoms with Crippen LogP contribution in [0.15, 0.2) is 17.5 Å². The molecular formula is C13H21ClN2O2S. The van der Waals surface area contributed by atoms with Crippen molar-refractivity contribution in [3.05, 3.63) is 22.4 Å². The van der Waals surface area contributed by atoms with E-state index in [0.717, 1.165) is 19.4 Å². The molecule has 2 rings (SSSR count). The molecule has 1 amide bonds. The fourth-order valence-corrected chi connectivity index (χ4v) is 2.66. The maximum atomic E-state index is 12.3. The molecular weight excluding hydrogens is 284 g/mol. The summed E-state index contributed by atoms with van der Waals surface area (Å²) in [6.07, 6.45) is 2.46. The van der Waals surface area contributed by atoms with E-state index in [1.165, 1.54) is 4.88 Å². The van der Waals surface area contributed by atoms with E-state index in [2.05, 4.69) is 6.07 Å². The van der Waals surface area contributed by atoms with Crippen LogP contribution in [0.2, 0.25) is 0 Å². The fraction of sp³-hybridized carbons (Fsp3) is 0.615. The number of halogens is 1. The first-order chi connectivity index (χ1) is 8.74. The lowest BCUT2D eigenvalue weighted by Gasteiger charge is -2.24. The van der Waals surface area contributed by atoms with Crippen molar-refractivity contribution in [2.45, 2.75) is 38.0 Å². The summed E-state index contributed by atoms with van der Waals surface area (Å²) in [6.45, 7) is 1.11. The van der Waals surface area contributed by atoms with Crippen molar-refractivity contribution in [1.29, 1.82) is 0 Å². The van der Waals surface area contributed by atoms with Gasteiger partial charge in [0, 0.05) is 24.6 Å². The van der Waals surface area contributed by atoms with E-state index in [1.807, 2.05) is 16.3 Å². The summed E-state index contributed by atoms with van der Waals surface area (Å²) >= 11 is 1.69. The summed E-state index contributed by atoms with van der Waals surface area (Å²) in [4.78, 5) is 15.5. The summed E-state index contributed by atoms with van der Waals surface area (Å²) < 4.78 is 5.19. The van der Waals surface area contributed by atoms with Crippen molar-refractivity contribution in [3.63, 3.8) is 0 Å². The number of nitrogens with zero attached hydrogens (tertiary/aromatic N) is 1. The van der Waals surface area contributed by atoms with Crippen molar-refractivity contribution in [2.75, 3.05) is 13.7 Å². The van der Waals surface area contributed by atoms with Gasteiger partial charge in [-0.1, -0.05) is 6.07 Å². The van der Waals surface area contributed by atoms with E-state index in [1.54, 1.807) is 18.4 Å². The van der Waals surface area contributed by atoms with Crippen LogP contribution in [0.25, 0.3) is 0 Å². The van der Waals surface area contributed by atoms with Crippen molar-refractivity contribution < 1.29 is 9.53 Å². The number of ether oxygens (including phenoxy) is 1. The molecule has 2 N–H and O–H groups in total. The topological polar surface area (TPSA) is 55.6 Å². The number of carbonyl (C=O) groups excluding carboxylic acids is 1. The Morgan fingerprint density at radius 3 is 2.84 bits per heavy atom. The molecule has 1 saturated carbocycles. The standard InChI is InChI=1S/C13H20N2O2S.ClH/c1-17-11(8-14)7-13(16)15(10-4-5-10)9-12-3-2-6-18-12;/h2-3,6,10-11H,4-5,7-9,14H2,1H3;1H. The molecule has 1 aliphatic carbocycles. The van der Waals surface area contributed by atoms with E-state index in [4.69, 9.17) is 10.5 Å². The average molecular weight is 305 g/mol. The van der Waals surface area contributed by atoms with Crippen LogP contribution < -0.4 is 5.73 Å². The van der Waals surface area contributed by atoms with Gasteiger partial charge in [0.2, 0.25) is 5.91 Å². The minimum Gasteiger partial charge on any atom is -0.380 e. The summed E-state index contributed by atoms with van der Waals surface area (Å²) in [5, 5.41) is 2.04. The number of rotatable bonds is 7. The highest BCUT2D eigenvalue weighted by atomic mass is 35.5. The molecule has 0 spiro atoms. The molecule has 4 nitrogen and oxygen atoms in total. The van der Waals surface area contributed by atoms with Gasteiger partial charge in [-0.3, -0.25) is 4.79 Å². The predicted octanol–water partition coefficient (Wildman–Crippen LogP) is 2.02. The smallest absolute Gasteiger partial charge is 0.225 e. The highest BCUT2D eigenvalue weighted by molar-refractivity contribution is 7.09. The van der Waals surface area contributed by atoms with Crippen LogP contribution in [0.3, 0.4) is 0 Å². The van der Waals surface area contributed by atoms with E-state index in [9.17, 15) is 4.79 Å². The molecule has 1 aromatic rings. The molecule has 1 unspecified atom stereocenters. The Balaban J connectivity index is 0.00000180. The van der Waals surface area contributed by atoms with E-state index < -0.39 is 0 Å². The lowest BCUT2D eigenvalue weighted by molar-refractivity contribution is -0.134. The molecule has 0 radical (unpaired) electrons. The maximum absolute atomic E-state index is 12.3. The third-order valence-corrected chi connectivity index (χ3v) is 4.07. The van der Waals surface area contributed by atoms with Crippen LogP contribution in [0.4, 0.5) is 0 Å². The lowest BCUT2D eigenvalue weighted by Crippen LogP contribution is -2.36. The minimum atomic E-state index is -0.165.